The molecule has 3 aliphatic rings. The summed E-state index contributed by atoms with van der Waals surface area (Å²) < 4.78 is 0. The molecule has 2 aliphatic carbocycles. The molecule has 0 aromatic heterocycles. The number of likely N-dealkylation sites (N-methyl/N-ethyl adjacent to an activating group) is 1. The van der Waals surface area contributed by atoms with E-state index in [-0.39, 0.29) is 5.91 Å². The van der Waals surface area contributed by atoms with Crippen LogP contribution in [0, 0.1) is 0 Å². The quantitative estimate of drug-likeness (QED) is 0.646. The first kappa shape index (κ1) is 11.1. The van der Waals surface area contributed by atoms with Gasteiger partial charge in [-0.1, -0.05) is 17.7 Å². The number of halogens is 1. The molecule has 0 aromatic rings. The SMILES string of the molecule is CN1C(=O)CCC2=C3CC=C(Cl)C=C3CC[C@@H]21. The van der Waals surface area contributed by atoms with Crippen LogP contribution < -0.4 is 0 Å². The van der Waals surface area contributed by atoms with Crippen molar-refractivity contribution in [2.75, 3.05) is 7.05 Å². The standard InChI is InChI=1S/C14H16ClNO/c1-16-13-6-2-9-8-10(15)3-4-11(9)12(13)5-7-14(16)17/h3,8,13H,2,4-7H2,1H3/t13-/m0/s1. The molecule has 1 amide bonds. The van der Waals surface area contributed by atoms with Crippen LogP contribution in [0.2, 0.25) is 0 Å². The molecular formula is C14H16ClNO. The first-order valence-electron chi connectivity index (χ1n) is 6.21. The Morgan fingerprint density at radius 1 is 1.35 bits per heavy atom. The second-order valence-electron chi connectivity index (χ2n) is 5.03. The third-order valence-corrected chi connectivity index (χ3v) is 4.41. The van der Waals surface area contributed by atoms with Crippen LogP contribution in [0.25, 0.3) is 0 Å². The van der Waals surface area contributed by atoms with Gasteiger partial charge in [0.25, 0.3) is 0 Å². The number of piperidine rings is 1. The topological polar surface area (TPSA) is 20.3 Å². The van der Waals surface area contributed by atoms with Gasteiger partial charge in [0.2, 0.25) is 5.91 Å². The fourth-order valence-corrected chi connectivity index (χ4v) is 3.42. The smallest absolute Gasteiger partial charge is 0.223 e. The van der Waals surface area contributed by atoms with Crippen LogP contribution in [-0.2, 0) is 4.79 Å². The van der Waals surface area contributed by atoms with Crippen LogP contribution in [-0.4, -0.2) is 23.9 Å². The number of allylic oxidation sites excluding steroid dienone is 5. The number of carbonyl (C=O) groups excluding carboxylic acids is 1. The normalized spacial score (nSPS) is 28.5. The summed E-state index contributed by atoms with van der Waals surface area (Å²) in [6, 6.07) is 0.341. The van der Waals surface area contributed by atoms with Crippen LogP contribution in [0.3, 0.4) is 0 Å². The Morgan fingerprint density at radius 3 is 3.00 bits per heavy atom. The second kappa shape index (κ2) is 4.02. The summed E-state index contributed by atoms with van der Waals surface area (Å²) in [6.07, 6.45) is 8.82. The zero-order chi connectivity index (χ0) is 12.0. The van der Waals surface area contributed by atoms with Crippen molar-refractivity contribution in [3.8, 4) is 0 Å². The molecule has 0 saturated carbocycles. The largest absolute Gasteiger partial charge is 0.339 e. The Kier molecular flexibility index (Phi) is 2.62. The van der Waals surface area contributed by atoms with Crippen LogP contribution in [0.4, 0.5) is 0 Å². The summed E-state index contributed by atoms with van der Waals surface area (Å²) >= 11 is 6.06. The summed E-state index contributed by atoms with van der Waals surface area (Å²) in [5.74, 6) is 0.288. The monoisotopic (exact) mass is 249 g/mol. The van der Waals surface area contributed by atoms with E-state index >= 15 is 0 Å². The van der Waals surface area contributed by atoms with Crippen molar-refractivity contribution in [1.29, 1.82) is 0 Å². The maximum atomic E-state index is 11.7. The average molecular weight is 250 g/mol. The third kappa shape index (κ3) is 1.75. The number of hydrogen-bond donors (Lipinski definition) is 0. The van der Waals surface area contributed by atoms with Crippen LogP contribution in [0.15, 0.2) is 33.9 Å². The summed E-state index contributed by atoms with van der Waals surface area (Å²) in [5, 5.41) is 0.864. The van der Waals surface area contributed by atoms with Crippen LogP contribution >= 0.6 is 11.6 Å². The summed E-state index contributed by atoms with van der Waals surface area (Å²) in [5.41, 5.74) is 4.32. The number of amides is 1. The van der Waals surface area contributed by atoms with Gasteiger partial charge in [-0.3, -0.25) is 4.79 Å². The molecule has 0 aromatic carbocycles. The Morgan fingerprint density at radius 2 is 2.18 bits per heavy atom. The lowest BCUT2D eigenvalue weighted by molar-refractivity contribution is -0.133. The summed E-state index contributed by atoms with van der Waals surface area (Å²) in [6.45, 7) is 0. The predicted molar refractivity (Wildman–Crippen MR) is 68.7 cm³/mol. The number of carbonyl (C=O) groups is 1. The number of rotatable bonds is 0. The lowest BCUT2D eigenvalue weighted by Gasteiger charge is -2.40. The van der Waals surface area contributed by atoms with Gasteiger partial charge in [0, 0.05) is 18.5 Å². The zero-order valence-corrected chi connectivity index (χ0v) is 10.8. The maximum absolute atomic E-state index is 11.7. The molecular weight excluding hydrogens is 234 g/mol. The van der Waals surface area contributed by atoms with Crippen molar-refractivity contribution < 1.29 is 4.79 Å². The van der Waals surface area contributed by atoms with E-state index < -0.39 is 0 Å². The molecule has 3 heteroatoms. The van der Waals surface area contributed by atoms with E-state index in [9.17, 15) is 4.79 Å². The predicted octanol–water partition coefficient (Wildman–Crippen LogP) is 3.15. The third-order valence-electron chi connectivity index (χ3n) is 4.15. The highest BCUT2D eigenvalue weighted by Gasteiger charge is 2.34. The Hall–Kier alpha value is -1.02. The van der Waals surface area contributed by atoms with Gasteiger partial charge in [0.05, 0.1) is 6.04 Å². The fraction of sp³-hybridized carbons (Fsp3) is 0.500. The number of likely N-dealkylation sites (tertiary alicyclic amines) is 1. The number of nitrogens with zero attached hydrogens (tertiary/aromatic N) is 1. The van der Waals surface area contributed by atoms with Gasteiger partial charge in [-0.05, 0) is 48.5 Å². The molecule has 90 valence electrons. The van der Waals surface area contributed by atoms with Crippen molar-refractivity contribution in [3.05, 3.63) is 33.9 Å². The molecule has 1 atom stereocenters. The molecule has 1 fully saturated rings. The lowest BCUT2D eigenvalue weighted by atomic mass is 9.77. The van der Waals surface area contributed by atoms with E-state index in [1.165, 1.54) is 16.7 Å². The van der Waals surface area contributed by atoms with Gasteiger partial charge < -0.3 is 4.90 Å². The van der Waals surface area contributed by atoms with Gasteiger partial charge in [-0.25, -0.2) is 0 Å². The molecule has 0 radical (unpaired) electrons. The highest BCUT2D eigenvalue weighted by molar-refractivity contribution is 6.31. The van der Waals surface area contributed by atoms with Crippen molar-refractivity contribution >= 4 is 17.5 Å². The Balaban J connectivity index is 2.01. The maximum Gasteiger partial charge on any atom is 0.223 e. The minimum absolute atomic E-state index is 0.288. The molecule has 1 saturated heterocycles. The molecule has 2 nitrogen and oxygen atoms in total. The van der Waals surface area contributed by atoms with Crippen molar-refractivity contribution in [2.45, 2.75) is 38.1 Å². The molecule has 1 aliphatic heterocycles. The minimum Gasteiger partial charge on any atom is -0.339 e. The molecule has 3 rings (SSSR count). The number of hydrogen-bond acceptors (Lipinski definition) is 1. The van der Waals surface area contributed by atoms with Gasteiger partial charge in [0.15, 0.2) is 0 Å². The van der Waals surface area contributed by atoms with Crippen molar-refractivity contribution in [1.82, 2.24) is 4.90 Å². The zero-order valence-electron chi connectivity index (χ0n) is 10.0. The van der Waals surface area contributed by atoms with Gasteiger partial charge in [0.1, 0.15) is 0 Å². The van der Waals surface area contributed by atoms with Gasteiger partial charge in [-0.2, -0.15) is 0 Å². The first-order chi connectivity index (χ1) is 8.16. The second-order valence-corrected chi connectivity index (χ2v) is 5.46. The lowest BCUT2D eigenvalue weighted by Crippen LogP contribution is -2.44. The Labute approximate surface area is 107 Å². The van der Waals surface area contributed by atoms with E-state index in [4.69, 9.17) is 11.6 Å². The number of fused-ring (bicyclic) bond motifs is 2. The minimum atomic E-state index is 0.288. The molecule has 1 heterocycles. The van der Waals surface area contributed by atoms with E-state index in [2.05, 4.69) is 12.2 Å². The summed E-state index contributed by atoms with van der Waals surface area (Å²) in [7, 11) is 1.94. The molecule has 0 N–H and O–H groups in total. The van der Waals surface area contributed by atoms with Crippen LogP contribution in [0.5, 0.6) is 0 Å². The highest BCUT2D eigenvalue weighted by atomic mass is 35.5. The van der Waals surface area contributed by atoms with E-state index in [0.29, 0.717) is 12.5 Å². The van der Waals surface area contributed by atoms with E-state index in [1.807, 2.05) is 11.9 Å². The molecule has 0 spiro atoms. The molecule has 0 unspecified atom stereocenters. The highest BCUT2D eigenvalue weighted by Crippen LogP contribution is 2.41. The molecule has 17 heavy (non-hydrogen) atoms. The van der Waals surface area contributed by atoms with Gasteiger partial charge in [-0.15, -0.1) is 0 Å². The fourth-order valence-electron chi connectivity index (χ4n) is 3.21. The van der Waals surface area contributed by atoms with E-state index in [1.54, 1.807) is 0 Å². The summed E-state index contributed by atoms with van der Waals surface area (Å²) in [4.78, 5) is 13.6. The van der Waals surface area contributed by atoms with Crippen LogP contribution in [0.1, 0.15) is 32.1 Å². The van der Waals surface area contributed by atoms with Crippen molar-refractivity contribution in [2.24, 2.45) is 0 Å². The average Bonchev–Trinajstić information content (AvgIpc) is 2.33. The van der Waals surface area contributed by atoms with E-state index in [0.717, 1.165) is 30.7 Å². The van der Waals surface area contributed by atoms with Gasteiger partial charge >= 0.3 is 0 Å². The molecule has 0 bridgehead atoms. The first-order valence-corrected chi connectivity index (χ1v) is 6.59. The van der Waals surface area contributed by atoms with Crippen molar-refractivity contribution in [3.63, 3.8) is 0 Å². The Bertz CT molecular complexity index is 473.